The molecule has 1 aliphatic rings. The molecule has 0 bridgehead atoms. The number of nitrogens with zero attached hydrogens (tertiary/aromatic N) is 2. The Labute approximate surface area is 139 Å². The van der Waals surface area contributed by atoms with E-state index in [1.54, 1.807) is 11.3 Å². The summed E-state index contributed by atoms with van der Waals surface area (Å²) in [6.45, 7) is 4.12. The van der Waals surface area contributed by atoms with Crippen LogP contribution in [0.3, 0.4) is 0 Å². The van der Waals surface area contributed by atoms with Crippen LogP contribution in [0.5, 0.6) is 5.75 Å². The molecule has 2 aromatic rings. The predicted molar refractivity (Wildman–Crippen MR) is 88.1 cm³/mol. The Balaban J connectivity index is 1.42. The van der Waals surface area contributed by atoms with E-state index in [9.17, 15) is 9.18 Å². The van der Waals surface area contributed by atoms with E-state index in [0.717, 1.165) is 32.7 Å². The van der Waals surface area contributed by atoms with Crippen LogP contribution in [0.2, 0.25) is 0 Å². The minimum atomic E-state index is -0.314. The molecule has 6 heteroatoms. The quantitative estimate of drug-likeness (QED) is 0.843. The number of hydrogen-bond acceptors (Lipinski definition) is 4. The van der Waals surface area contributed by atoms with Crippen molar-refractivity contribution in [3.8, 4) is 5.75 Å². The molecular formula is C17H19FN2O2S. The molecule has 2 heterocycles. The number of piperazine rings is 1. The van der Waals surface area contributed by atoms with Crippen LogP contribution in [0.15, 0.2) is 41.1 Å². The van der Waals surface area contributed by atoms with Gasteiger partial charge in [0.05, 0.1) is 0 Å². The number of ether oxygens (including phenoxy) is 1. The lowest BCUT2D eigenvalue weighted by atomic mass is 10.2. The molecule has 1 aliphatic heterocycles. The van der Waals surface area contributed by atoms with Gasteiger partial charge in [-0.15, -0.1) is 0 Å². The van der Waals surface area contributed by atoms with Crippen molar-refractivity contribution >= 4 is 17.2 Å². The van der Waals surface area contributed by atoms with Gasteiger partial charge in [-0.2, -0.15) is 11.3 Å². The van der Waals surface area contributed by atoms with Crippen molar-refractivity contribution in [1.29, 1.82) is 0 Å². The summed E-state index contributed by atoms with van der Waals surface area (Å²) >= 11 is 1.71. The monoisotopic (exact) mass is 334 g/mol. The molecule has 0 atom stereocenters. The van der Waals surface area contributed by atoms with E-state index in [2.05, 4.69) is 21.7 Å². The zero-order valence-electron chi connectivity index (χ0n) is 12.8. The molecule has 0 radical (unpaired) electrons. The molecule has 1 aromatic heterocycles. The second-order valence-electron chi connectivity index (χ2n) is 5.53. The van der Waals surface area contributed by atoms with E-state index in [4.69, 9.17) is 4.74 Å². The van der Waals surface area contributed by atoms with Crippen LogP contribution in [-0.4, -0.2) is 48.5 Å². The van der Waals surface area contributed by atoms with Crippen LogP contribution in [0, 0.1) is 5.82 Å². The highest BCUT2D eigenvalue weighted by Crippen LogP contribution is 2.13. The van der Waals surface area contributed by atoms with E-state index >= 15 is 0 Å². The van der Waals surface area contributed by atoms with E-state index in [1.807, 2.05) is 4.90 Å². The fraction of sp³-hybridized carbons (Fsp3) is 0.353. The summed E-state index contributed by atoms with van der Waals surface area (Å²) < 4.78 is 18.2. The minimum Gasteiger partial charge on any atom is -0.484 e. The van der Waals surface area contributed by atoms with Crippen molar-refractivity contribution < 1.29 is 13.9 Å². The van der Waals surface area contributed by atoms with Crippen LogP contribution in [0.25, 0.3) is 0 Å². The normalized spacial score (nSPS) is 15.6. The Morgan fingerprint density at radius 1 is 1.13 bits per heavy atom. The van der Waals surface area contributed by atoms with Gasteiger partial charge in [-0.3, -0.25) is 9.69 Å². The van der Waals surface area contributed by atoms with Gasteiger partial charge in [0.25, 0.3) is 5.91 Å². The van der Waals surface area contributed by atoms with Gasteiger partial charge in [0.15, 0.2) is 6.61 Å². The summed E-state index contributed by atoms with van der Waals surface area (Å²) in [5.41, 5.74) is 1.33. The second kappa shape index (κ2) is 7.57. The molecule has 122 valence electrons. The fourth-order valence-corrected chi connectivity index (χ4v) is 3.22. The zero-order valence-corrected chi connectivity index (χ0v) is 13.6. The lowest BCUT2D eigenvalue weighted by Gasteiger charge is -2.34. The average molecular weight is 334 g/mol. The van der Waals surface area contributed by atoms with Crippen LogP contribution < -0.4 is 4.74 Å². The van der Waals surface area contributed by atoms with E-state index in [0.29, 0.717) is 5.75 Å². The summed E-state index contributed by atoms with van der Waals surface area (Å²) in [5, 5.41) is 4.25. The molecular weight excluding hydrogens is 315 g/mol. The van der Waals surface area contributed by atoms with Crippen LogP contribution >= 0.6 is 11.3 Å². The smallest absolute Gasteiger partial charge is 0.260 e. The SMILES string of the molecule is O=C(COc1ccc(F)cc1)N1CCN(Cc2ccsc2)CC1. The first kappa shape index (κ1) is 16.0. The zero-order chi connectivity index (χ0) is 16.1. The van der Waals surface area contributed by atoms with Gasteiger partial charge in [-0.25, -0.2) is 4.39 Å². The van der Waals surface area contributed by atoms with Crippen molar-refractivity contribution in [2.75, 3.05) is 32.8 Å². The van der Waals surface area contributed by atoms with Gasteiger partial charge in [0, 0.05) is 32.7 Å². The van der Waals surface area contributed by atoms with Gasteiger partial charge in [0.1, 0.15) is 11.6 Å². The topological polar surface area (TPSA) is 32.8 Å². The molecule has 0 saturated carbocycles. The van der Waals surface area contributed by atoms with Gasteiger partial charge < -0.3 is 9.64 Å². The van der Waals surface area contributed by atoms with Crippen molar-refractivity contribution in [3.63, 3.8) is 0 Å². The average Bonchev–Trinajstić information content (AvgIpc) is 3.08. The summed E-state index contributed by atoms with van der Waals surface area (Å²) in [6.07, 6.45) is 0. The van der Waals surface area contributed by atoms with Crippen molar-refractivity contribution in [1.82, 2.24) is 9.80 Å². The van der Waals surface area contributed by atoms with Crippen molar-refractivity contribution in [3.05, 3.63) is 52.5 Å². The summed E-state index contributed by atoms with van der Waals surface area (Å²) in [7, 11) is 0. The van der Waals surface area contributed by atoms with Crippen LogP contribution in [0.4, 0.5) is 4.39 Å². The largest absolute Gasteiger partial charge is 0.484 e. The number of thiophene rings is 1. The second-order valence-corrected chi connectivity index (χ2v) is 6.31. The molecule has 1 amide bonds. The Bertz CT molecular complexity index is 623. The molecule has 0 N–H and O–H groups in total. The minimum absolute atomic E-state index is 0.00381. The van der Waals surface area contributed by atoms with E-state index in [-0.39, 0.29) is 18.3 Å². The number of carbonyl (C=O) groups excluding carboxylic acids is 1. The summed E-state index contributed by atoms with van der Waals surface area (Å²) in [4.78, 5) is 16.4. The maximum atomic E-state index is 12.8. The van der Waals surface area contributed by atoms with E-state index in [1.165, 1.54) is 29.8 Å². The molecule has 3 rings (SSSR count). The molecule has 0 unspecified atom stereocenters. The molecule has 0 aliphatic carbocycles. The number of halogens is 1. The maximum Gasteiger partial charge on any atom is 0.260 e. The summed E-state index contributed by atoms with van der Waals surface area (Å²) in [5.74, 6) is 0.172. The third kappa shape index (κ3) is 4.53. The van der Waals surface area contributed by atoms with Gasteiger partial charge in [-0.1, -0.05) is 0 Å². The maximum absolute atomic E-state index is 12.8. The van der Waals surface area contributed by atoms with Gasteiger partial charge in [-0.05, 0) is 46.7 Å². The fourth-order valence-electron chi connectivity index (χ4n) is 2.56. The van der Waals surface area contributed by atoms with E-state index < -0.39 is 0 Å². The summed E-state index contributed by atoms with van der Waals surface area (Å²) in [6, 6.07) is 7.84. The lowest BCUT2D eigenvalue weighted by molar-refractivity contribution is -0.135. The molecule has 23 heavy (non-hydrogen) atoms. The van der Waals surface area contributed by atoms with Gasteiger partial charge >= 0.3 is 0 Å². The highest BCUT2D eigenvalue weighted by molar-refractivity contribution is 7.07. The molecule has 0 spiro atoms. The third-order valence-corrected chi connectivity index (χ3v) is 4.62. The third-order valence-electron chi connectivity index (χ3n) is 3.89. The van der Waals surface area contributed by atoms with Crippen molar-refractivity contribution in [2.24, 2.45) is 0 Å². The molecule has 1 fully saturated rings. The lowest BCUT2D eigenvalue weighted by Crippen LogP contribution is -2.49. The van der Waals surface area contributed by atoms with Crippen LogP contribution in [0.1, 0.15) is 5.56 Å². The number of benzene rings is 1. The highest BCUT2D eigenvalue weighted by Gasteiger charge is 2.21. The molecule has 4 nitrogen and oxygen atoms in total. The Kier molecular flexibility index (Phi) is 5.25. The number of amides is 1. The van der Waals surface area contributed by atoms with Crippen LogP contribution in [-0.2, 0) is 11.3 Å². The first-order chi connectivity index (χ1) is 11.2. The number of rotatable bonds is 5. The Morgan fingerprint density at radius 3 is 2.52 bits per heavy atom. The molecule has 1 aromatic carbocycles. The van der Waals surface area contributed by atoms with Crippen molar-refractivity contribution in [2.45, 2.75) is 6.54 Å². The standard InChI is InChI=1S/C17H19FN2O2S/c18-15-1-3-16(4-2-15)22-12-17(21)20-8-6-19(7-9-20)11-14-5-10-23-13-14/h1-5,10,13H,6-9,11-12H2. The Morgan fingerprint density at radius 2 is 1.87 bits per heavy atom. The highest BCUT2D eigenvalue weighted by atomic mass is 32.1. The molecule has 1 saturated heterocycles. The first-order valence-corrected chi connectivity index (χ1v) is 8.54. The number of carbonyl (C=O) groups is 1. The first-order valence-electron chi connectivity index (χ1n) is 7.60. The Hall–Kier alpha value is -1.92. The number of hydrogen-bond donors (Lipinski definition) is 0. The predicted octanol–water partition coefficient (Wildman–Crippen LogP) is 2.61. The van der Waals surface area contributed by atoms with Gasteiger partial charge in [0.2, 0.25) is 0 Å².